The summed E-state index contributed by atoms with van der Waals surface area (Å²) in [6.45, 7) is 6.64. The lowest BCUT2D eigenvalue weighted by atomic mass is 10.1. The van der Waals surface area contributed by atoms with Gasteiger partial charge in [0.15, 0.2) is 0 Å². The molecule has 0 unspecified atom stereocenters. The standard InChI is InChI=1S/C21H23NO4/c1-5-25-16-9-7-15(8-10-16)22-14(3)20(21(23)26-6-2)18-13-17(24-4)11-12-19(18)22/h7-13H,5-6H2,1-4H3. The van der Waals surface area contributed by atoms with E-state index >= 15 is 0 Å². The molecule has 0 atom stereocenters. The lowest BCUT2D eigenvalue weighted by Gasteiger charge is -2.10. The number of esters is 1. The van der Waals surface area contributed by atoms with Crippen LogP contribution >= 0.6 is 0 Å². The van der Waals surface area contributed by atoms with E-state index in [2.05, 4.69) is 4.57 Å². The first-order chi connectivity index (χ1) is 12.6. The van der Waals surface area contributed by atoms with E-state index in [4.69, 9.17) is 14.2 Å². The molecule has 1 heterocycles. The first-order valence-electron chi connectivity index (χ1n) is 8.70. The van der Waals surface area contributed by atoms with Crippen molar-refractivity contribution in [1.82, 2.24) is 4.57 Å². The van der Waals surface area contributed by atoms with Crippen LogP contribution in [0.15, 0.2) is 42.5 Å². The Hall–Kier alpha value is -2.95. The molecule has 3 aromatic rings. The third kappa shape index (κ3) is 3.12. The first kappa shape index (κ1) is 17.9. The highest BCUT2D eigenvalue weighted by Gasteiger charge is 2.22. The quantitative estimate of drug-likeness (QED) is 0.611. The fraction of sp³-hybridized carbons (Fsp3) is 0.286. The van der Waals surface area contributed by atoms with Gasteiger partial charge in [-0.15, -0.1) is 0 Å². The SMILES string of the molecule is CCOC(=O)c1c(C)n(-c2ccc(OCC)cc2)c2ccc(OC)cc12. The van der Waals surface area contributed by atoms with Gasteiger partial charge in [0, 0.05) is 16.8 Å². The molecule has 0 saturated heterocycles. The van der Waals surface area contributed by atoms with Crippen molar-refractivity contribution >= 4 is 16.9 Å². The van der Waals surface area contributed by atoms with Gasteiger partial charge in [0.25, 0.3) is 0 Å². The van der Waals surface area contributed by atoms with Gasteiger partial charge in [0.05, 0.1) is 31.4 Å². The molecule has 0 amide bonds. The highest BCUT2D eigenvalue weighted by atomic mass is 16.5. The van der Waals surface area contributed by atoms with Gasteiger partial charge in [-0.3, -0.25) is 0 Å². The van der Waals surface area contributed by atoms with Crippen molar-refractivity contribution in [2.75, 3.05) is 20.3 Å². The first-order valence-corrected chi connectivity index (χ1v) is 8.70. The van der Waals surface area contributed by atoms with Gasteiger partial charge in [0.1, 0.15) is 11.5 Å². The monoisotopic (exact) mass is 353 g/mol. The van der Waals surface area contributed by atoms with Gasteiger partial charge in [-0.1, -0.05) is 0 Å². The van der Waals surface area contributed by atoms with Gasteiger partial charge >= 0.3 is 5.97 Å². The minimum absolute atomic E-state index is 0.326. The molecule has 0 aliphatic carbocycles. The molecule has 5 heteroatoms. The summed E-state index contributed by atoms with van der Waals surface area (Å²) in [5.74, 6) is 1.19. The largest absolute Gasteiger partial charge is 0.497 e. The Morgan fingerprint density at radius 2 is 1.69 bits per heavy atom. The lowest BCUT2D eigenvalue weighted by molar-refractivity contribution is 0.0527. The number of hydrogen-bond acceptors (Lipinski definition) is 4. The van der Waals surface area contributed by atoms with Gasteiger partial charge in [0.2, 0.25) is 0 Å². The number of methoxy groups -OCH3 is 1. The highest BCUT2D eigenvalue weighted by molar-refractivity contribution is 6.07. The fourth-order valence-corrected chi connectivity index (χ4v) is 3.18. The van der Waals surface area contributed by atoms with Crippen molar-refractivity contribution in [2.45, 2.75) is 20.8 Å². The van der Waals surface area contributed by atoms with Crippen molar-refractivity contribution in [3.63, 3.8) is 0 Å². The van der Waals surface area contributed by atoms with Crippen molar-refractivity contribution in [3.8, 4) is 17.2 Å². The average molecular weight is 353 g/mol. The van der Waals surface area contributed by atoms with Crippen molar-refractivity contribution in [1.29, 1.82) is 0 Å². The summed E-state index contributed by atoms with van der Waals surface area (Å²) in [4.78, 5) is 12.6. The van der Waals surface area contributed by atoms with Gasteiger partial charge in [-0.25, -0.2) is 4.79 Å². The number of carbonyl (C=O) groups is 1. The molecule has 0 saturated carbocycles. The highest BCUT2D eigenvalue weighted by Crippen LogP contribution is 2.33. The fourth-order valence-electron chi connectivity index (χ4n) is 3.18. The Kier molecular flexibility index (Phi) is 5.16. The topological polar surface area (TPSA) is 49.7 Å². The van der Waals surface area contributed by atoms with Crippen molar-refractivity contribution in [2.24, 2.45) is 0 Å². The van der Waals surface area contributed by atoms with Crippen LogP contribution < -0.4 is 9.47 Å². The summed E-state index contributed by atoms with van der Waals surface area (Å²) in [6, 6.07) is 13.5. The Morgan fingerprint density at radius 3 is 2.31 bits per heavy atom. The average Bonchev–Trinajstić information content (AvgIpc) is 2.94. The van der Waals surface area contributed by atoms with Gasteiger partial charge in [-0.2, -0.15) is 0 Å². The minimum Gasteiger partial charge on any atom is -0.497 e. The van der Waals surface area contributed by atoms with E-state index in [1.165, 1.54) is 0 Å². The number of aromatic nitrogens is 1. The zero-order chi connectivity index (χ0) is 18.7. The maximum absolute atomic E-state index is 12.6. The third-order valence-corrected chi connectivity index (χ3v) is 4.30. The molecule has 0 fully saturated rings. The Bertz CT molecular complexity index is 925. The normalized spacial score (nSPS) is 10.8. The number of nitrogens with zero attached hydrogens (tertiary/aromatic N) is 1. The molecule has 0 aliphatic rings. The van der Waals surface area contributed by atoms with Crippen LogP contribution in [0.5, 0.6) is 11.5 Å². The zero-order valence-electron chi connectivity index (χ0n) is 15.5. The summed E-state index contributed by atoms with van der Waals surface area (Å²) < 4.78 is 18.2. The Labute approximate surface area is 153 Å². The van der Waals surface area contributed by atoms with E-state index in [-0.39, 0.29) is 5.97 Å². The van der Waals surface area contributed by atoms with Crippen LogP contribution in [0.4, 0.5) is 0 Å². The van der Waals surface area contributed by atoms with Crippen LogP contribution in [0, 0.1) is 6.92 Å². The Morgan fingerprint density at radius 1 is 1.00 bits per heavy atom. The summed E-state index contributed by atoms with van der Waals surface area (Å²) in [6.07, 6.45) is 0. The molecule has 136 valence electrons. The van der Waals surface area contributed by atoms with Crippen LogP contribution in [0.1, 0.15) is 29.9 Å². The molecule has 0 N–H and O–H groups in total. The van der Waals surface area contributed by atoms with E-state index in [9.17, 15) is 4.79 Å². The molecule has 1 aromatic heterocycles. The van der Waals surface area contributed by atoms with E-state index in [0.717, 1.165) is 28.0 Å². The molecule has 2 aromatic carbocycles. The maximum Gasteiger partial charge on any atom is 0.340 e. The molecular formula is C21H23NO4. The number of benzene rings is 2. The van der Waals surface area contributed by atoms with Gasteiger partial charge < -0.3 is 18.8 Å². The van der Waals surface area contributed by atoms with E-state index in [0.29, 0.717) is 24.5 Å². The van der Waals surface area contributed by atoms with Crippen LogP contribution in [0.3, 0.4) is 0 Å². The maximum atomic E-state index is 12.6. The van der Waals surface area contributed by atoms with Crippen LogP contribution in [0.25, 0.3) is 16.6 Å². The molecule has 0 bridgehead atoms. The lowest BCUT2D eigenvalue weighted by Crippen LogP contribution is -2.07. The molecule has 0 aliphatic heterocycles. The van der Waals surface area contributed by atoms with Crippen LogP contribution in [-0.2, 0) is 4.74 Å². The van der Waals surface area contributed by atoms with E-state index < -0.39 is 0 Å². The minimum atomic E-state index is -0.326. The van der Waals surface area contributed by atoms with Crippen LogP contribution in [-0.4, -0.2) is 30.9 Å². The summed E-state index contributed by atoms with van der Waals surface area (Å²) >= 11 is 0. The number of ether oxygens (including phenoxy) is 3. The summed E-state index contributed by atoms with van der Waals surface area (Å²) in [5.41, 5.74) is 3.28. The second-order valence-electron chi connectivity index (χ2n) is 5.83. The van der Waals surface area contributed by atoms with E-state index in [1.807, 2.05) is 56.3 Å². The summed E-state index contributed by atoms with van der Waals surface area (Å²) in [7, 11) is 1.61. The molecule has 5 nitrogen and oxygen atoms in total. The van der Waals surface area contributed by atoms with Crippen molar-refractivity contribution < 1.29 is 19.0 Å². The zero-order valence-corrected chi connectivity index (χ0v) is 15.5. The number of fused-ring (bicyclic) bond motifs is 1. The molecule has 0 radical (unpaired) electrons. The molecule has 0 spiro atoms. The second kappa shape index (κ2) is 7.52. The third-order valence-electron chi connectivity index (χ3n) is 4.30. The second-order valence-corrected chi connectivity index (χ2v) is 5.83. The smallest absolute Gasteiger partial charge is 0.340 e. The van der Waals surface area contributed by atoms with Gasteiger partial charge in [-0.05, 0) is 63.2 Å². The number of carbonyl (C=O) groups excluding carboxylic acids is 1. The number of rotatable bonds is 6. The number of hydrogen-bond donors (Lipinski definition) is 0. The predicted molar refractivity (Wildman–Crippen MR) is 102 cm³/mol. The van der Waals surface area contributed by atoms with Crippen LogP contribution in [0.2, 0.25) is 0 Å². The Balaban J connectivity index is 2.21. The predicted octanol–water partition coefficient (Wildman–Crippen LogP) is 4.52. The molecular weight excluding hydrogens is 330 g/mol. The van der Waals surface area contributed by atoms with Crippen molar-refractivity contribution in [3.05, 3.63) is 53.7 Å². The molecule has 3 rings (SSSR count). The van der Waals surface area contributed by atoms with E-state index in [1.54, 1.807) is 14.0 Å². The summed E-state index contributed by atoms with van der Waals surface area (Å²) in [5, 5.41) is 0.814. The molecule has 26 heavy (non-hydrogen) atoms.